The summed E-state index contributed by atoms with van der Waals surface area (Å²) < 4.78 is 0. The van der Waals surface area contributed by atoms with E-state index in [2.05, 4.69) is 47.1 Å². The van der Waals surface area contributed by atoms with Gasteiger partial charge in [-0.1, -0.05) is 24.3 Å². The number of hydrazine groups is 1. The normalized spacial score (nSPS) is 10.8. The van der Waals surface area contributed by atoms with E-state index in [0.717, 1.165) is 11.4 Å². The van der Waals surface area contributed by atoms with E-state index < -0.39 is 0 Å². The zero-order valence-corrected chi connectivity index (χ0v) is 9.91. The highest BCUT2D eigenvalue weighted by molar-refractivity contribution is 6.02. The Labute approximate surface area is 96.0 Å². The maximum absolute atomic E-state index is 3.32. The number of fused-ring (bicyclic) bond motifs is 1. The molecule has 3 nitrogen and oxygen atoms in total. The van der Waals surface area contributed by atoms with Gasteiger partial charge in [-0.05, 0) is 17.5 Å². The first-order valence-corrected chi connectivity index (χ1v) is 5.36. The molecule has 0 unspecified atom stereocenters. The Kier molecular flexibility index (Phi) is 2.97. The average Bonchev–Trinajstić information content (AvgIpc) is 2.28. The van der Waals surface area contributed by atoms with Crippen LogP contribution < -0.4 is 10.7 Å². The van der Waals surface area contributed by atoms with Crippen LogP contribution in [0.4, 0.5) is 11.4 Å². The lowest BCUT2D eigenvalue weighted by molar-refractivity contribution is 0.496. The molecule has 0 aliphatic heterocycles. The number of nitrogens with zero attached hydrogens (tertiary/aromatic N) is 1. The van der Waals surface area contributed by atoms with Gasteiger partial charge in [-0.25, -0.2) is 5.01 Å². The Morgan fingerprint density at radius 1 is 0.938 bits per heavy atom. The zero-order chi connectivity index (χ0) is 11.5. The summed E-state index contributed by atoms with van der Waals surface area (Å²) in [4.78, 5) is 0. The third-order valence-corrected chi connectivity index (χ3v) is 2.52. The molecule has 2 N–H and O–H groups in total. The highest BCUT2D eigenvalue weighted by Gasteiger charge is 2.05. The molecule has 0 heterocycles. The number of anilines is 2. The van der Waals surface area contributed by atoms with Crippen LogP contribution in [-0.2, 0) is 0 Å². The van der Waals surface area contributed by atoms with Gasteiger partial charge in [-0.3, -0.25) is 0 Å². The Balaban J connectivity index is 2.63. The second kappa shape index (κ2) is 4.41. The number of hydrogen-bond acceptors (Lipinski definition) is 3. The van der Waals surface area contributed by atoms with Crippen molar-refractivity contribution in [3.8, 4) is 0 Å². The molecule has 16 heavy (non-hydrogen) atoms. The largest absolute Gasteiger partial charge is 0.388 e. The molecule has 0 amide bonds. The molecular weight excluding hydrogens is 198 g/mol. The molecule has 0 radical (unpaired) electrons. The molecule has 2 aromatic rings. The number of nitrogens with one attached hydrogen (secondary N) is 2. The van der Waals surface area contributed by atoms with Crippen molar-refractivity contribution < 1.29 is 0 Å². The first-order valence-electron chi connectivity index (χ1n) is 5.36. The maximum atomic E-state index is 3.32. The van der Waals surface area contributed by atoms with Crippen LogP contribution in [0.5, 0.6) is 0 Å². The lowest BCUT2D eigenvalue weighted by Gasteiger charge is -2.17. The van der Waals surface area contributed by atoms with Gasteiger partial charge < -0.3 is 10.7 Å². The summed E-state index contributed by atoms with van der Waals surface area (Å²) in [5, 5.41) is 7.63. The number of hydrogen-bond donors (Lipinski definition) is 2. The molecule has 0 saturated heterocycles. The van der Waals surface area contributed by atoms with Crippen molar-refractivity contribution in [2.45, 2.75) is 0 Å². The molecule has 0 saturated carbocycles. The predicted molar refractivity (Wildman–Crippen MR) is 70.8 cm³/mol. The summed E-state index contributed by atoms with van der Waals surface area (Å²) in [6.07, 6.45) is 0. The van der Waals surface area contributed by atoms with Crippen LogP contribution >= 0.6 is 0 Å². The van der Waals surface area contributed by atoms with Gasteiger partial charge in [0.25, 0.3) is 0 Å². The Morgan fingerprint density at radius 2 is 1.56 bits per heavy atom. The van der Waals surface area contributed by atoms with E-state index in [0.29, 0.717) is 0 Å². The molecule has 2 rings (SSSR count). The third kappa shape index (κ3) is 1.95. The second-order valence-corrected chi connectivity index (χ2v) is 3.97. The number of benzene rings is 2. The fraction of sp³-hybridized carbons (Fsp3) is 0.231. The van der Waals surface area contributed by atoms with E-state index in [4.69, 9.17) is 0 Å². The average molecular weight is 215 g/mol. The minimum atomic E-state index is 1.12. The first kappa shape index (κ1) is 10.8. The smallest absolute Gasteiger partial charge is 0.0589 e. The molecule has 0 bridgehead atoms. The van der Waals surface area contributed by atoms with E-state index in [-0.39, 0.29) is 0 Å². The lowest BCUT2D eigenvalue weighted by atomic mass is 10.1. The van der Waals surface area contributed by atoms with Crippen molar-refractivity contribution in [1.29, 1.82) is 0 Å². The molecular formula is C13H17N3. The van der Waals surface area contributed by atoms with Crippen LogP contribution in [0.2, 0.25) is 0 Å². The Bertz CT molecular complexity index is 486. The topological polar surface area (TPSA) is 27.3 Å². The third-order valence-electron chi connectivity index (χ3n) is 2.52. The summed E-state index contributed by atoms with van der Waals surface area (Å²) in [5.41, 5.74) is 5.57. The van der Waals surface area contributed by atoms with Crippen LogP contribution in [-0.4, -0.2) is 26.2 Å². The fourth-order valence-electron chi connectivity index (χ4n) is 1.88. The summed E-state index contributed by atoms with van der Waals surface area (Å²) in [7, 11) is 5.92. The SMILES string of the molecule is CNc1cccc2cccc(NN(C)C)c12. The molecule has 0 atom stereocenters. The second-order valence-electron chi connectivity index (χ2n) is 3.97. The highest BCUT2D eigenvalue weighted by atomic mass is 15.5. The van der Waals surface area contributed by atoms with Gasteiger partial charge >= 0.3 is 0 Å². The minimum absolute atomic E-state index is 1.12. The van der Waals surface area contributed by atoms with Gasteiger partial charge in [0, 0.05) is 32.2 Å². The molecule has 0 aliphatic carbocycles. The van der Waals surface area contributed by atoms with Gasteiger partial charge in [-0.2, -0.15) is 0 Å². The van der Waals surface area contributed by atoms with Crippen LogP contribution in [0.15, 0.2) is 36.4 Å². The molecule has 84 valence electrons. The maximum Gasteiger partial charge on any atom is 0.0589 e. The quantitative estimate of drug-likeness (QED) is 0.771. The van der Waals surface area contributed by atoms with Gasteiger partial charge in [0.2, 0.25) is 0 Å². The number of rotatable bonds is 3. The van der Waals surface area contributed by atoms with E-state index >= 15 is 0 Å². The van der Waals surface area contributed by atoms with E-state index in [1.807, 2.05) is 26.2 Å². The summed E-state index contributed by atoms with van der Waals surface area (Å²) >= 11 is 0. The molecule has 3 heteroatoms. The molecule has 2 aromatic carbocycles. The summed E-state index contributed by atoms with van der Waals surface area (Å²) in [5.74, 6) is 0. The standard InChI is InChI=1S/C13H17N3/c1-14-11-8-4-6-10-7-5-9-12(13(10)11)15-16(2)3/h4-9,14-15H,1-3H3. The first-order chi connectivity index (χ1) is 7.72. The fourth-order valence-corrected chi connectivity index (χ4v) is 1.88. The minimum Gasteiger partial charge on any atom is -0.388 e. The molecule has 0 fully saturated rings. The predicted octanol–water partition coefficient (Wildman–Crippen LogP) is 2.77. The van der Waals surface area contributed by atoms with Crippen molar-refractivity contribution in [3.63, 3.8) is 0 Å². The van der Waals surface area contributed by atoms with Crippen LogP contribution in [0, 0.1) is 0 Å². The Morgan fingerprint density at radius 3 is 2.12 bits per heavy atom. The van der Waals surface area contributed by atoms with Crippen molar-refractivity contribution >= 4 is 22.1 Å². The Hall–Kier alpha value is -1.74. The lowest BCUT2D eigenvalue weighted by Crippen LogP contribution is -2.19. The molecule has 0 aliphatic rings. The van der Waals surface area contributed by atoms with Crippen LogP contribution in [0.3, 0.4) is 0 Å². The highest BCUT2D eigenvalue weighted by Crippen LogP contribution is 2.30. The van der Waals surface area contributed by atoms with Crippen molar-refractivity contribution in [2.24, 2.45) is 0 Å². The van der Waals surface area contributed by atoms with Crippen molar-refractivity contribution in [2.75, 3.05) is 31.9 Å². The van der Waals surface area contributed by atoms with Gasteiger partial charge in [0.1, 0.15) is 0 Å². The molecule has 0 spiro atoms. The van der Waals surface area contributed by atoms with Crippen LogP contribution in [0.25, 0.3) is 10.8 Å². The van der Waals surface area contributed by atoms with E-state index in [1.165, 1.54) is 10.8 Å². The van der Waals surface area contributed by atoms with Crippen LogP contribution in [0.1, 0.15) is 0 Å². The zero-order valence-electron chi connectivity index (χ0n) is 9.91. The van der Waals surface area contributed by atoms with Crippen molar-refractivity contribution in [1.82, 2.24) is 5.01 Å². The summed E-state index contributed by atoms with van der Waals surface area (Å²) in [6, 6.07) is 12.5. The van der Waals surface area contributed by atoms with Gasteiger partial charge in [-0.15, -0.1) is 0 Å². The monoisotopic (exact) mass is 215 g/mol. The van der Waals surface area contributed by atoms with E-state index in [9.17, 15) is 0 Å². The van der Waals surface area contributed by atoms with E-state index in [1.54, 1.807) is 0 Å². The van der Waals surface area contributed by atoms with Gasteiger partial charge in [0.15, 0.2) is 0 Å². The van der Waals surface area contributed by atoms with Gasteiger partial charge in [0.05, 0.1) is 5.69 Å². The van der Waals surface area contributed by atoms with Crippen molar-refractivity contribution in [3.05, 3.63) is 36.4 Å². The molecule has 0 aromatic heterocycles. The summed E-state index contributed by atoms with van der Waals surface area (Å²) in [6.45, 7) is 0.